The number of hydrogen-bond donors (Lipinski definition) is 1. The third-order valence-electron chi connectivity index (χ3n) is 1.38. The molecule has 1 N–H and O–H groups in total. The fraction of sp³-hybridized carbons (Fsp3) is 0.714. The van der Waals surface area contributed by atoms with Gasteiger partial charge in [0, 0.05) is 27.1 Å². The first-order valence-corrected chi connectivity index (χ1v) is 3.80. The van der Waals surface area contributed by atoms with Crippen molar-refractivity contribution in [2.45, 2.75) is 12.6 Å². The predicted octanol–water partition coefficient (Wildman–Crippen LogP) is 0.143. The van der Waals surface area contributed by atoms with E-state index in [1.54, 1.807) is 5.32 Å². The van der Waals surface area contributed by atoms with Crippen LogP contribution >= 0.6 is 0 Å². The van der Waals surface area contributed by atoms with Crippen molar-refractivity contribution in [3.8, 4) is 0 Å². The van der Waals surface area contributed by atoms with Crippen molar-refractivity contribution in [3.63, 3.8) is 0 Å². The summed E-state index contributed by atoms with van der Waals surface area (Å²) >= 11 is 0. The van der Waals surface area contributed by atoms with Gasteiger partial charge in [0.15, 0.2) is 0 Å². The van der Waals surface area contributed by atoms with Gasteiger partial charge in [-0.15, -0.1) is 0 Å². The maximum Gasteiger partial charge on any atom is 0.471 e. The molecule has 0 spiro atoms. The summed E-state index contributed by atoms with van der Waals surface area (Å²) in [6, 6.07) is 0. The maximum atomic E-state index is 11.6. The molecular formula is C7H11F3N2O2. The van der Waals surface area contributed by atoms with E-state index in [-0.39, 0.29) is 18.9 Å². The third kappa shape index (κ3) is 4.68. The van der Waals surface area contributed by atoms with Gasteiger partial charge in [0.25, 0.3) is 0 Å². The second kappa shape index (κ2) is 4.83. The van der Waals surface area contributed by atoms with Crippen molar-refractivity contribution in [1.29, 1.82) is 0 Å². The Balaban J connectivity index is 3.76. The molecule has 82 valence electrons. The summed E-state index contributed by atoms with van der Waals surface area (Å²) in [7, 11) is 2.96. The van der Waals surface area contributed by atoms with Crippen molar-refractivity contribution >= 4 is 11.8 Å². The first-order chi connectivity index (χ1) is 6.25. The minimum Gasteiger partial charge on any atom is -0.349 e. The molecule has 0 saturated heterocycles. The molecule has 0 radical (unpaired) electrons. The molecule has 4 nitrogen and oxygen atoms in total. The van der Waals surface area contributed by atoms with Gasteiger partial charge in [-0.1, -0.05) is 0 Å². The Kier molecular flexibility index (Phi) is 4.39. The Labute approximate surface area is 79.1 Å². The largest absolute Gasteiger partial charge is 0.471 e. The minimum atomic E-state index is -4.89. The van der Waals surface area contributed by atoms with E-state index < -0.39 is 12.1 Å². The van der Waals surface area contributed by atoms with Gasteiger partial charge in [-0.3, -0.25) is 9.59 Å². The molecule has 0 saturated carbocycles. The predicted molar refractivity (Wildman–Crippen MR) is 42.4 cm³/mol. The summed E-state index contributed by atoms with van der Waals surface area (Å²) in [6.45, 7) is -0.310. The zero-order valence-electron chi connectivity index (χ0n) is 7.81. The van der Waals surface area contributed by atoms with Crippen LogP contribution in [0.15, 0.2) is 0 Å². The summed E-state index contributed by atoms with van der Waals surface area (Å²) in [6.07, 6.45) is -5.03. The van der Waals surface area contributed by atoms with Crippen molar-refractivity contribution < 1.29 is 22.8 Å². The standard InChI is InChI=1S/C7H11F3N2O2/c1-12(2)5(13)3-4-11-6(14)7(8,9)10/h3-4H2,1-2H3,(H,11,14). The van der Waals surface area contributed by atoms with Crippen LogP contribution in [0, 0.1) is 0 Å². The Morgan fingerprint density at radius 3 is 2.14 bits per heavy atom. The van der Waals surface area contributed by atoms with Crippen molar-refractivity contribution in [1.82, 2.24) is 10.2 Å². The van der Waals surface area contributed by atoms with Crippen LogP contribution in [0.2, 0.25) is 0 Å². The van der Waals surface area contributed by atoms with Gasteiger partial charge in [0.1, 0.15) is 0 Å². The molecule has 0 aromatic heterocycles. The Bertz CT molecular complexity index is 225. The van der Waals surface area contributed by atoms with E-state index >= 15 is 0 Å². The van der Waals surface area contributed by atoms with Gasteiger partial charge in [-0.25, -0.2) is 0 Å². The smallest absolute Gasteiger partial charge is 0.349 e. The van der Waals surface area contributed by atoms with Gasteiger partial charge in [0.2, 0.25) is 5.91 Å². The summed E-state index contributed by atoms with van der Waals surface area (Å²) in [5.41, 5.74) is 0. The molecule has 0 aliphatic heterocycles. The molecule has 0 heterocycles. The van der Waals surface area contributed by atoms with Crippen LogP contribution in [0.1, 0.15) is 6.42 Å². The second-order valence-electron chi connectivity index (χ2n) is 2.79. The summed E-state index contributed by atoms with van der Waals surface area (Å²) in [5.74, 6) is -2.36. The van der Waals surface area contributed by atoms with Crippen LogP contribution in [-0.4, -0.2) is 43.5 Å². The van der Waals surface area contributed by atoms with Crippen molar-refractivity contribution in [2.75, 3.05) is 20.6 Å². The van der Waals surface area contributed by atoms with E-state index in [0.717, 1.165) is 0 Å². The number of hydrogen-bond acceptors (Lipinski definition) is 2. The molecule has 0 atom stereocenters. The number of amides is 2. The van der Waals surface area contributed by atoms with E-state index in [1.807, 2.05) is 0 Å². The van der Waals surface area contributed by atoms with E-state index in [2.05, 4.69) is 0 Å². The molecule has 0 bridgehead atoms. The SMILES string of the molecule is CN(C)C(=O)CCNC(=O)C(F)(F)F. The van der Waals surface area contributed by atoms with Gasteiger partial charge in [-0.05, 0) is 0 Å². The first kappa shape index (κ1) is 12.7. The fourth-order valence-electron chi connectivity index (χ4n) is 0.607. The molecule has 0 fully saturated rings. The van der Waals surface area contributed by atoms with Crippen LogP contribution in [0.5, 0.6) is 0 Å². The molecule has 0 unspecified atom stereocenters. The molecule has 0 aromatic carbocycles. The van der Waals surface area contributed by atoms with Gasteiger partial charge in [0.05, 0.1) is 0 Å². The van der Waals surface area contributed by atoms with Crippen molar-refractivity contribution in [3.05, 3.63) is 0 Å². The second-order valence-corrected chi connectivity index (χ2v) is 2.79. The van der Waals surface area contributed by atoms with E-state index in [9.17, 15) is 22.8 Å². The lowest BCUT2D eigenvalue weighted by Crippen LogP contribution is -2.38. The number of nitrogens with zero attached hydrogens (tertiary/aromatic N) is 1. The van der Waals surface area contributed by atoms with Crippen LogP contribution in [0.3, 0.4) is 0 Å². The zero-order valence-corrected chi connectivity index (χ0v) is 7.81. The Morgan fingerprint density at radius 2 is 1.79 bits per heavy atom. The van der Waals surface area contributed by atoms with Gasteiger partial charge in [-0.2, -0.15) is 13.2 Å². The van der Waals surface area contributed by atoms with Crippen LogP contribution in [-0.2, 0) is 9.59 Å². The fourth-order valence-corrected chi connectivity index (χ4v) is 0.607. The van der Waals surface area contributed by atoms with Gasteiger partial charge >= 0.3 is 12.1 Å². The minimum absolute atomic E-state index is 0.144. The number of alkyl halides is 3. The number of carbonyl (C=O) groups is 2. The lowest BCUT2D eigenvalue weighted by molar-refractivity contribution is -0.173. The number of halogens is 3. The molecule has 7 heteroatoms. The molecular weight excluding hydrogens is 201 g/mol. The maximum absolute atomic E-state index is 11.6. The first-order valence-electron chi connectivity index (χ1n) is 3.80. The van der Waals surface area contributed by atoms with Crippen LogP contribution in [0.25, 0.3) is 0 Å². The Morgan fingerprint density at radius 1 is 1.29 bits per heavy atom. The topological polar surface area (TPSA) is 49.4 Å². The van der Waals surface area contributed by atoms with Crippen molar-refractivity contribution in [2.24, 2.45) is 0 Å². The average Bonchev–Trinajstić information content (AvgIpc) is 2.01. The Hall–Kier alpha value is -1.27. The van der Waals surface area contributed by atoms with Crippen LogP contribution in [0.4, 0.5) is 13.2 Å². The normalized spacial score (nSPS) is 10.9. The molecule has 0 aliphatic carbocycles. The molecule has 14 heavy (non-hydrogen) atoms. The third-order valence-corrected chi connectivity index (χ3v) is 1.38. The monoisotopic (exact) mass is 212 g/mol. The number of rotatable bonds is 3. The lowest BCUT2D eigenvalue weighted by Gasteiger charge is -2.11. The van der Waals surface area contributed by atoms with E-state index in [4.69, 9.17) is 0 Å². The average molecular weight is 212 g/mol. The zero-order chi connectivity index (χ0) is 11.4. The highest BCUT2D eigenvalue weighted by Gasteiger charge is 2.38. The highest BCUT2D eigenvalue weighted by Crippen LogP contribution is 2.13. The lowest BCUT2D eigenvalue weighted by atomic mass is 10.4. The number of nitrogens with one attached hydrogen (secondary N) is 1. The van der Waals surface area contributed by atoms with Gasteiger partial charge < -0.3 is 10.2 Å². The molecule has 0 rings (SSSR count). The van der Waals surface area contributed by atoms with E-state index in [0.29, 0.717) is 0 Å². The molecule has 0 aliphatic rings. The molecule has 2 amide bonds. The van der Waals surface area contributed by atoms with E-state index in [1.165, 1.54) is 19.0 Å². The summed E-state index contributed by atoms with van der Waals surface area (Å²) in [4.78, 5) is 22.4. The highest BCUT2D eigenvalue weighted by molar-refractivity contribution is 5.82. The summed E-state index contributed by atoms with van der Waals surface area (Å²) in [5, 5.41) is 1.60. The van der Waals surface area contributed by atoms with Crippen LogP contribution < -0.4 is 5.32 Å². The quantitative estimate of drug-likeness (QED) is 0.723. The highest BCUT2D eigenvalue weighted by atomic mass is 19.4. The summed E-state index contributed by atoms with van der Waals surface area (Å²) < 4.78 is 34.9. The number of carbonyl (C=O) groups excluding carboxylic acids is 2. The molecule has 0 aromatic rings.